The van der Waals surface area contributed by atoms with Crippen molar-refractivity contribution in [1.29, 1.82) is 0 Å². The maximum atomic E-state index is 12.7. The van der Waals surface area contributed by atoms with Crippen LogP contribution in [0, 0.1) is 0 Å². The van der Waals surface area contributed by atoms with Crippen LogP contribution in [0.5, 0.6) is 0 Å². The first-order chi connectivity index (χ1) is 29.0. The molecular weight excluding hydrogens is 733 g/mol. The van der Waals surface area contributed by atoms with Crippen LogP contribution in [-0.2, 0) is 28.6 Å². The van der Waals surface area contributed by atoms with Gasteiger partial charge in [-0.1, -0.05) is 204 Å². The number of rotatable bonds is 44. The van der Waals surface area contributed by atoms with E-state index in [1.165, 1.54) is 96.3 Å². The highest BCUT2D eigenvalue weighted by Crippen LogP contribution is 2.15. The van der Waals surface area contributed by atoms with Crippen LogP contribution in [0.4, 0.5) is 0 Å². The van der Waals surface area contributed by atoms with Crippen molar-refractivity contribution in [3.63, 3.8) is 0 Å². The lowest BCUT2D eigenvalue weighted by Gasteiger charge is -2.18. The predicted molar refractivity (Wildman–Crippen MR) is 251 cm³/mol. The number of hydrogen-bond acceptors (Lipinski definition) is 6. The van der Waals surface area contributed by atoms with E-state index in [1.54, 1.807) is 0 Å². The van der Waals surface area contributed by atoms with E-state index in [0.717, 1.165) is 96.3 Å². The molecule has 0 aromatic heterocycles. The van der Waals surface area contributed by atoms with Gasteiger partial charge in [-0.2, -0.15) is 0 Å². The average molecular weight is 825 g/mol. The van der Waals surface area contributed by atoms with Gasteiger partial charge in [0.2, 0.25) is 0 Å². The monoisotopic (exact) mass is 825 g/mol. The van der Waals surface area contributed by atoms with E-state index in [1.807, 2.05) is 0 Å². The second kappa shape index (κ2) is 47.8. The SMILES string of the molecule is CC/C=C\C/C=C\C/C=C\C/C=C\CCCCC(=O)OC(COC(=O)CCCCCCC/C=C\CCC)COC(=O)CCCCCCCCCCCCCCCCCC. The topological polar surface area (TPSA) is 78.9 Å². The van der Waals surface area contributed by atoms with Crippen LogP contribution in [0.25, 0.3) is 0 Å². The Morgan fingerprint density at radius 1 is 0.356 bits per heavy atom. The predicted octanol–water partition coefficient (Wildman–Crippen LogP) is 16.1. The molecular formula is C53H92O6. The van der Waals surface area contributed by atoms with E-state index in [2.05, 4.69) is 81.5 Å². The Hall–Kier alpha value is -2.89. The van der Waals surface area contributed by atoms with E-state index in [9.17, 15) is 14.4 Å². The summed E-state index contributed by atoms with van der Waals surface area (Å²) in [5.74, 6) is -0.943. The quantitative estimate of drug-likeness (QED) is 0.0263. The molecule has 0 rings (SSSR count). The molecule has 0 aromatic rings. The van der Waals surface area contributed by atoms with Gasteiger partial charge in [-0.25, -0.2) is 0 Å². The highest BCUT2D eigenvalue weighted by Gasteiger charge is 2.19. The zero-order chi connectivity index (χ0) is 43.0. The Labute approximate surface area is 364 Å². The molecule has 0 amide bonds. The number of allylic oxidation sites excluding steroid dienone is 10. The van der Waals surface area contributed by atoms with Crippen LogP contribution < -0.4 is 0 Å². The van der Waals surface area contributed by atoms with Gasteiger partial charge in [-0.15, -0.1) is 0 Å². The molecule has 0 bridgehead atoms. The fourth-order valence-electron chi connectivity index (χ4n) is 6.79. The zero-order valence-corrected chi connectivity index (χ0v) is 38.8. The molecule has 0 N–H and O–H groups in total. The zero-order valence-electron chi connectivity index (χ0n) is 38.8. The fourth-order valence-corrected chi connectivity index (χ4v) is 6.79. The molecule has 0 saturated heterocycles. The summed E-state index contributed by atoms with van der Waals surface area (Å²) in [6, 6.07) is 0. The van der Waals surface area contributed by atoms with Crippen molar-refractivity contribution in [3.8, 4) is 0 Å². The Balaban J connectivity index is 4.40. The fraction of sp³-hybridized carbons (Fsp3) is 0.755. The third-order valence-corrected chi connectivity index (χ3v) is 10.5. The van der Waals surface area contributed by atoms with E-state index >= 15 is 0 Å². The minimum absolute atomic E-state index is 0.0919. The van der Waals surface area contributed by atoms with Crippen molar-refractivity contribution in [3.05, 3.63) is 60.8 Å². The number of hydrogen-bond donors (Lipinski definition) is 0. The molecule has 340 valence electrons. The molecule has 0 aliphatic heterocycles. The molecule has 0 spiro atoms. The summed E-state index contributed by atoms with van der Waals surface area (Å²) in [7, 11) is 0. The van der Waals surface area contributed by atoms with Gasteiger partial charge in [0.1, 0.15) is 13.2 Å². The number of ether oxygens (including phenoxy) is 3. The largest absolute Gasteiger partial charge is 0.462 e. The van der Waals surface area contributed by atoms with E-state index in [-0.39, 0.29) is 37.5 Å². The highest BCUT2D eigenvalue weighted by molar-refractivity contribution is 5.71. The van der Waals surface area contributed by atoms with Gasteiger partial charge >= 0.3 is 17.9 Å². The molecule has 6 nitrogen and oxygen atoms in total. The molecule has 1 atom stereocenters. The summed E-state index contributed by atoms with van der Waals surface area (Å²) in [6.07, 6.45) is 57.8. The van der Waals surface area contributed by atoms with Crippen molar-refractivity contribution in [2.45, 2.75) is 245 Å². The smallest absolute Gasteiger partial charge is 0.306 e. The van der Waals surface area contributed by atoms with Gasteiger partial charge in [-0.05, 0) is 77.0 Å². The summed E-state index contributed by atoms with van der Waals surface area (Å²) < 4.78 is 16.7. The Morgan fingerprint density at radius 3 is 1.15 bits per heavy atom. The standard InChI is InChI=1S/C53H92O6/c1-4-7-10-13-16-19-22-24-26-28-29-31-34-37-40-43-46-52(55)58-49-50(48-57-51(54)45-42-39-36-33-21-18-15-12-9-6-3)59-53(56)47-44-41-38-35-32-30-27-25-23-20-17-14-11-8-5-2/h8,11-12,15,17,20,25,27,32,35,50H,4-7,9-10,13-14,16,18-19,21-24,26,28-31,33-34,36-49H2,1-3H3/b11-8-,15-12-,20-17-,27-25-,35-32-. The molecule has 0 radical (unpaired) electrons. The van der Waals surface area contributed by atoms with Gasteiger partial charge in [0.15, 0.2) is 6.10 Å². The highest BCUT2D eigenvalue weighted by atomic mass is 16.6. The normalized spacial score (nSPS) is 12.5. The van der Waals surface area contributed by atoms with Gasteiger partial charge < -0.3 is 14.2 Å². The number of esters is 3. The van der Waals surface area contributed by atoms with Crippen LogP contribution in [0.15, 0.2) is 60.8 Å². The molecule has 0 aromatic carbocycles. The van der Waals surface area contributed by atoms with Crippen LogP contribution >= 0.6 is 0 Å². The summed E-state index contributed by atoms with van der Waals surface area (Å²) >= 11 is 0. The van der Waals surface area contributed by atoms with Crippen molar-refractivity contribution in [2.75, 3.05) is 13.2 Å². The van der Waals surface area contributed by atoms with E-state index < -0.39 is 6.10 Å². The van der Waals surface area contributed by atoms with Crippen LogP contribution in [0.3, 0.4) is 0 Å². The maximum absolute atomic E-state index is 12.7. The third kappa shape index (κ3) is 46.0. The molecule has 0 aliphatic rings. The first kappa shape index (κ1) is 56.1. The lowest BCUT2D eigenvalue weighted by atomic mass is 10.0. The van der Waals surface area contributed by atoms with E-state index in [4.69, 9.17) is 14.2 Å². The van der Waals surface area contributed by atoms with Crippen molar-refractivity contribution in [1.82, 2.24) is 0 Å². The Bertz CT molecular complexity index is 1090. The molecule has 6 heteroatoms. The summed E-state index contributed by atoms with van der Waals surface area (Å²) in [4.78, 5) is 37.8. The minimum atomic E-state index is -0.795. The molecule has 1 unspecified atom stereocenters. The molecule has 0 heterocycles. The molecule has 0 saturated carbocycles. The lowest BCUT2D eigenvalue weighted by molar-refractivity contribution is -0.167. The molecule has 0 fully saturated rings. The van der Waals surface area contributed by atoms with Crippen LogP contribution in [-0.4, -0.2) is 37.2 Å². The van der Waals surface area contributed by atoms with Crippen molar-refractivity contribution in [2.24, 2.45) is 0 Å². The molecule has 0 aliphatic carbocycles. The number of carbonyl (C=O) groups is 3. The summed E-state index contributed by atoms with van der Waals surface area (Å²) in [6.45, 7) is 6.42. The second-order valence-corrected chi connectivity index (χ2v) is 16.3. The first-order valence-corrected chi connectivity index (χ1v) is 24.8. The van der Waals surface area contributed by atoms with Crippen molar-refractivity contribution < 1.29 is 28.6 Å². The Kier molecular flexibility index (Phi) is 45.4. The Morgan fingerprint density at radius 2 is 0.695 bits per heavy atom. The summed E-state index contributed by atoms with van der Waals surface area (Å²) in [5, 5.41) is 0. The summed E-state index contributed by atoms with van der Waals surface area (Å²) in [5.41, 5.74) is 0. The average Bonchev–Trinajstić information content (AvgIpc) is 3.23. The maximum Gasteiger partial charge on any atom is 0.306 e. The van der Waals surface area contributed by atoms with Crippen LogP contribution in [0.1, 0.15) is 239 Å². The van der Waals surface area contributed by atoms with E-state index in [0.29, 0.717) is 19.3 Å². The lowest BCUT2D eigenvalue weighted by Crippen LogP contribution is -2.30. The van der Waals surface area contributed by atoms with Gasteiger partial charge in [0.25, 0.3) is 0 Å². The van der Waals surface area contributed by atoms with Gasteiger partial charge in [0.05, 0.1) is 0 Å². The minimum Gasteiger partial charge on any atom is -0.462 e. The third-order valence-electron chi connectivity index (χ3n) is 10.5. The first-order valence-electron chi connectivity index (χ1n) is 24.8. The second-order valence-electron chi connectivity index (χ2n) is 16.3. The van der Waals surface area contributed by atoms with Crippen molar-refractivity contribution >= 4 is 17.9 Å². The molecule has 59 heavy (non-hydrogen) atoms. The number of unbranched alkanes of at least 4 members (excludes halogenated alkanes) is 23. The van der Waals surface area contributed by atoms with Gasteiger partial charge in [0, 0.05) is 19.3 Å². The van der Waals surface area contributed by atoms with Crippen LogP contribution in [0.2, 0.25) is 0 Å². The van der Waals surface area contributed by atoms with Gasteiger partial charge in [-0.3, -0.25) is 14.4 Å². The number of carbonyl (C=O) groups excluding carboxylic acids is 3.